The molecule has 0 aliphatic rings. The molecule has 2 nitrogen and oxygen atoms in total. The van der Waals surface area contributed by atoms with Crippen LogP contribution in [-0.2, 0) is 0 Å². The molecule has 2 N–H and O–H groups in total. The highest BCUT2D eigenvalue weighted by atomic mass is 32.2. The first-order chi connectivity index (χ1) is 9.48. The van der Waals surface area contributed by atoms with E-state index in [9.17, 15) is 9.50 Å². The van der Waals surface area contributed by atoms with Gasteiger partial charge in [0.25, 0.3) is 0 Å². The average molecular weight is 299 g/mol. The van der Waals surface area contributed by atoms with Crippen LogP contribution in [0.25, 0.3) is 0 Å². The molecule has 0 spiro atoms. The van der Waals surface area contributed by atoms with Crippen molar-refractivity contribution in [2.45, 2.75) is 44.8 Å². The maximum Gasteiger partial charge on any atom is 0.123 e. The molecule has 1 aromatic carbocycles. The summed E-state index contributed by atoms with van der Waals surface area (Å²) >= 11 is 1.64. The highest BCUT2D eigenvalue weighted by Gasteiger charge is 2.21. The normalized spacial score (nSPS) is 15.8. The minimum absolute atomic E-state index is 0.170. The summed E-state index contributed by atoms with van der Waals surface area (Å²) in [5, 5.41) is 13.7. The summed E-state index contributed by atoms with van der Waals surface area (Å²) in [6, 6.07) is 6.81. The molecule has 0 aromatic heterocycles. The molecule has 4 heteroatoms. The Balaban J connectivity index is 2.67. The first-order valence-corrected chi connectivity index (χ1v) is 8.58. The van der Waals surface area contributed by atoms with Gasteiger partial charge < -0.3 is 10.4 Å². The van der Waals surface area contributed by atoms with E-state index in [1.54, 1.807) is 11.8 Å². The summed E-state index contributed by atoms with van der Waals surface area (Å²) in [5.41, 5.74) is 0.365. The number of hydrogen-bond donors (Lipinski definition) is 2. The number of benzene rings is 1. The first-order valence-electron chi connectivity index (χ1n) is 7.18. The molecule has 0 aliphatic carbocycles. The van der Waals surface area contributed by atoms with Gasteiger partial charge in [0.1, 0.15) is 5.82 Å². The third-order valence-corrected chi connectivity index (χ3v) is 4.21. The van der Waals surface area contributed by atoms with E-state index in [4.69, 9.17) is 0 Å². The maximum absolute atomic E-state index is 13.0. The second-order valence-corrected chi connectivity index (χ2v) is 6.42. The average Bonchev–Trinajstić information content (AvgIpc) is 2.40. The standard InChI is InChI=1S/C16H26FNOS/c1-4-5-6-15(13-7-9-14(17)10-8-13)18-11-16(2,19)12-20-3/h7-10,15,18-19H,4-6,11-12H2,1-3H3. The number of aliphatic hydroxyl groups is 1. The Morgan fingerprint density at radius 2 is 2.00 bits per heavy atom. The minimum Gasteiger partial charge on any atom is -0.388 e. The summed E-state index contributed by atoms with van der Waals surface area (Å²) in [7, 11) is 0. The predicted molar refractivity (Wildman–Crippen MR) is 85.7 cm³/mol. The Hall–Kier alpha value is -0.580. The molecule has 2 unspecified atom stereocenters. The number of halogens is 1. The summed E-state index contributed by atoms with van der Waals surface area (Å²) in [6.45, 7) is 4.54. The van der Waals surface area contributed by atoms with Gasteiger partial charge in [0.15, 0.2) is 0 Å². The van der Waals surface area contributed by atoms with Crippen molar-refractivity contribution in [2.24, 2.45) is 0 Å². The SMILES string of the molecule is CCCCC(NCC(C)(O)CSC)c1ccc(F)cc1. The largest absolute Gasteiger partial charge is 0.388 e. The molecular weight excluding hydrogens is 273 g/mol. The molecule has 0 saturated heterocycles. The summed E-state index contributed by atoms with van der Waals surface area (Å²) in [6.07, 6.45) is 5.22. The number of nitrogens with one attached hydrogen (secondary N) is 1. The lowest BCUT2D eigenvalue weighted by atomic mass is 10.00. The van der Waals surface area contributed by atoms with Crippen LogP contribution >= 0.6 is 11.8 Å². The van der Waals surface area contributed by atoms with Crippen molar-refractivity contribution in [3.63, 3.8) is 0 Å². The third-order valence-electron chi connectivity index (χ3n) is 3.30. The van der Waals surface area contributed by atoms with Gasteiger partial charge >= 0.3 is 0 Å². The van der Waals surface area contributed by atoms with Crippen LogP contribution in [0.3, 0.4) is 0 Å². The fraction of sp³-hybridized carbons (Fsp3) is 0.625. The Bertz CT molecular complexity index is 381. The number of hydrogen-bond acceptors (Lipinski definition) is 3. The van der Waals surface area contributed by atoms with Crippen LogP contribution in [-0.4, -0.2) is 29.3 Å². The van der Waals surface area contributed by atoms with Crippen LogP contribution in [0.15, 0.2) is 24.3 Å². The lowest BCUT2D eigenvalue weighted by Gasteiger charge is -2.27. The lowest BCUT2D eigenvalue weighted by Crippen LogP contribution is -2.41. The molecule has 0 aliphatic heterocycles. The molecule has 114 valence electrons. The van der Waals surface area contributed by atoms with E-state index in [2.05, 4.69) is 12.2 Å². The number of unbranched alkanes of at least 4 members (excludes halogenated alkanes) is 1. The zero-order valence-electron chi connectivity index (χ0n) is 12.7. The highest BCUT2D eigenvalue weighted by Crippen LogP contribution is 2.21. The summed E-state index contributed by atoms with van der Waals surface area (Å²) in [5.74, 6) is 0.488. The van der Waals surface area contributed by atoms with Gasteiger partial charge in [-0.15, -0.1) is 0 Å². The first kappa shape index (κ1) is 17.5. The van der Waals surface area contributed by atoms with E-state index >= 15 is 0 Å². The topological polar surface area (TPSA) is 32.3 Å². The van der Waals surface area contributed by atoms with Crippen molar-refractivity contribution in [2.75, 3.05) is 18.6 Å². The van der Waals surface area contributed by atoms with Gasteiger partial charge in [-0.3, -0.25) is 0 Å². The molecule has 1 rings (SSSR count). The Morgan fingerprint density at radius 1 is 1.35 bits per heavy atom. The third kappa shape index (κ3) is 6.25. The molecule has 2 atom stereocenters. The van der Waals surface area contributed by atoms with E-state index in [1.807, 2.05) is 25.3 Å². The number of thioether (sulfide) groups is 1. The fourth-order valence-electron chi connectivity index (χ4n) is 2.19. The lowest BCUT2D eigenvalue weighted by molar-refractivity contribution is 0.0809. The van der Waals surface area contributed by atoms with Gasteiger partial charge in [0.2, 0.25) is 0 Å². The number of rotatable bonds is 9. The van der Waals surface area contributed by atoms with Gasteiger partial charge in [0, 0.05) is 18.3 Å². The molecule has 0 fully saturated rings. The molecule has 0 amide bonds. The van der Waals surface area contributed by atoms with Crippen molar-refractivity contribution in [3.8, 4) is 0 Å². The molecule has 20 heavy (non-hydrogen) atoms. The zero-order chi connectivity index (χ0) is 15.0. The van der Waals surface area contributed by atoms with E-state index in [1.165, 1.54) is 12.1 Å². The molecule has 0 radical (unpaired) electrons. The zero-order valence-corrected chi connectivity index (χ0v) is 13.5. The maximum atomic E-state index is 13.0. The fourth-order valence-corrected chi connectivity index (χ4v) is 2.92. The molecule has 0 saturated carbocycles. The Morgan fingerprint density at radius 3 is 2.55 bits per heavy atom. The quantitative estimate of drug-likeness (QED) is 0.728. The van der Waals surface area contributed by atoms with Crippen LogP contribution in [0.5, 0.6) is 0 Å². The van der Waals surface area contributed by atoms with E-state index in [-0.39, 0.29) is 11.9 Å². The molecule has 1 aromatic rings. The van der Waals surface area contributed by atoms with Crippen LogP contribution in [0.2, 0.25) is 0 Å². The predicted octanol–water partition coefficient (Wildman–Crippen LogP) is 3.76. The molecular formula is C16H26FNOS. The second-order valence-electron chi connectivity index (χ2n) is 5.56. The van der Waals surface area contributed by atoms with E-state index in [0.717, 1.165) is 24.8 Å². The van der Waals surface area contributed by atoms with E-state index < -0.39 is 5.60 Å². The molecule has 0 heterocycles. The van der Waals surface area contributed by atoms with Gasteiger partial charge in [-0.25, -0.2) is 4.39 Å². The Labute approximate surface area is 126 Å². The van der Waals surface area contributed by atoms with Gasteiger partial charge in [-0.2, -0.15) is 11.8 Å². The second kappa shape index (κ2) is 8.65. The van der Waals surface area contributed by atoms with Gasteiger partial charge in [0.05, 0.1) is 5.60 Å². The van der Waals surface area contributed by atoms with Crippen molar-refractivity contribution in [1.29, 1.82) is 0 Å². The summed E-state index contributed by atoms with van der Waals surface area (Å²) in [4.78, 5) is 0. The van der Waals surface area contributed by atoms with E-state index in [0.29, 0.717) is 12.3 Å². The Kier molecular flexibility index (Phi) is 7.56. The van der Waals surface area contributed by atoms with Gasteiger partial charge in [-0.1, -0.05) is 31.9 Å². The monoisotopic (exact) mass is 299 g/mol. The van der Waals surface area contributed by atoms with Crippen molar-refractivity contribution in [3.05, 3.63) is 35.6 Å². The van der Waals surface area contributed by atoms with Crippen molar-refractivity contribution >= 4 is 11.8 Å². The minimum atomic E-state index is -0.718. The molecule has 0 bridgehead atoms. The van der Waals surface area contributed by atoms with Crippen molar-refractivity contribution < 1.29 is 9.50 Å². The van der Waals surface area contributed by atoms with Crippen molar-refractivity contribution in [1.82, 2.24) is 5.32 Å². The van der Waals surface area contributed by atoms with Crippen LogP contribution in [0, 0.1) is 5.82 Å². The smallest absolute Gasteiger partial charge is 0.123 e. The summed E-state index contributed by atoms with van der Waals surface area (Å²) < 4.78 is 13.0. The highest BCUT2D eigenvalue weighted by molar-refractivity contribution is 7.98. The van der Waals surface area contributed by atoms with Crippen LogP contribution in [0.4, 0.5) is 4.39 Å². The van der Waals surface area contributed by atoms with Crippen LogP contribution < -0.4 is 5.32 Å². The van der Waals surface area contributed by atoms with Crippen LogP contribution in [0.1, 0.15) is 44.7 Å². The van der Waals surface area contributed by atoms with Gasteiger partial charge in [-0.05, 0) is 37.3 Å².